The van der Waals surface area contributed by atoms with E-state index in [1.54, 1.807) is 18.2 Å². The van der Waals surface area contributed by atoms with Crippen molar-refractivity contribution < 1.29 is 14.6 Å². The largest absolute Gasteiger partial charge is 0.506 e. The Morgan fingerprint density at radius 1 is 1.32 bits per heavy atom. The zero-order valence-electron chi connectivity index (χ0n) is 11.1. The van der Waals surface area contributed by atoms with Crippen molar-refractivity contribution in [2.24, 2.45) is 0 Å². The van der Waals surface area contributed by atoms with Crippen LogP contribution in [0.1, 0.15) is 38.5 Å². The highest BCUT2D eigenvalue weighted by atomic mass is 16.6. The van der Waals surface area contributed by atoms with E-state index in [9.17, 15) is 5.11 Å². The third-order valence-corrected chi connectivity index (χ3v) is 4.32. The van der Waals surface area contributed by atoms with E-state index in [-0.39, 0.29) is 17.5 Å². The van der Waals surface area contributed by atoms with Crippen LogP contribution in [-0.4, -0.2) is 23.4 Å². The number of ether oxygens (including phenoxy) is 2. The number of hydrogen-bond acceptors (Lipinski definition) is 4. The first-order chi connectivity index (χ1) is 9.19. The van der Waals surface area contributed by atoms with E-state index in [4.69, 9.17) is 15.2 Å². The molecule has 0 bridgehead atoms. The molecule has 4 nitrogen and oxygen atoms in total. The maximum absolute atomic E-state index is 9.52. The molecule has 0 radical (unpaired) electrons. The second kappa shape index (κ2) is 4.93. The molecule has 2 fully saturated rings. The van der Waals surface area contributed by atoms with Gasteiger partial charge in [-0.15, -0.1) is 0 Å². The van der Waals surface area contributed by atoms with E-state index in [0.717, 1.165) is 12.8 Å². The third kappa shape index (κ3) is 2.50. The van der Waals surface area contributed by atoms with Gasteiger partial charge in [-0.2, -0.15) is 0 Å². The van der Waals surface area contributed by atoms with Gasteiger partial charge >= 0.3 is 0 Å². The van der Waals surface area contributed by atoms with Crippen LogP contribution in [0.3, 0.4) is 0 Å². The van der Waals surface area contributed by atoms with Crippen molar-refractivity contribution in [1.82, 2.24) is 0 Å². The van der Waals surface area contributed by atoms with Gasteiger partial charge in [0.15, 0.2) is 0 Å². The minimum absolute atomic E-state index is 0.0668. The van der Waals surface area contributed by atoms with Crippen LogP contribution in [0.25, 0.3) is 0 Å². The van der Waals surface area contributed by atoms with Crippen LogP contribution < -0.4 is 10.5 Å². The lowest BCUT2D eigenvalue weighted by molar-refractivity contribution is -0.0508. The Morgan fingerprint density at radius 2 is 2.11 bits per heavy atom. The first kappa shape index (κ1) is 12.6. The number of anilines is 1. The fraction of sp³-hybridized carbons (Fsp3) is 0.600. The number of hydrogen-bond donors (Lipinski definition) is 2. The Morgan fingerprint density at radius 3 is 2.89 bits per heavy atom. The molecule has 1 spiro atoms. The van der Waals surface area contributed by atoms with Crippen LogP contribution in [0.4, 0.5) is 5.69 Å². The molecule has 1 heterocycles. The molecular weight excluding hydrogens is 242 g/mol. The molecule has 1 saturated heterocycles. The fourth-order valence-electron chi connectivity index (χ4n) is 3.24. The molecule has 1 aromatic rings. The van der Waals surface area contributed by atoms with Crippen LogP contribution in [0, 0.1) is 0 Å². The number of nitrogen functional groups attached to an aromatic ring is 1. The number of rotatable bonds is 3. The molecule has 0 aromatic heterocycles. The van der Waals surface area contributed by atoms with E-state index in [2.05, 4.69) is 0 Å². The summed E-state index contributed by atoms with van der Waals surface area (Å²) in [5.74, 6) is 0.605. The van der Waals surface area contributed by atoms with Gasteiger partial charge in [0.25, 0.3) is 0 Å². The van der Waals surface area contributed by atoms with Crippen molar-refractivity contribution in [1.29, 1.82) is 0 Å². The number of phenols is 1. The lowest BCUT2D eigenvalue weighted by Gasteiger charge is -2.23. The second-order valence-electron chi connectivity index (χ2n) is 5.67. The molecule has 19 heavy (non-hydrogen) atoms. The summed E-state index contributed by atoms with van der Waals surface area (Å²) < 4.78 is 11.9. The summed E-state index contributed by atoms with van der Waals surface area (Å²) >= 11 is 0. The van der Waals surface area contributed by atoms with Crippen molar-refractivity contribution in [3.63, 3.8) is 0 Å². The van der Waals surface area contributed by atoms with Crippen molar-refractivity contribution in [3.8, 4) is 11.5 Å². The minimum atomic E-state index is 0.0668. The van der Waals surface area contributed by atoms with Crippen molar-refractivity contribution in [2.45, 2.75) is 50.2 Å². The topological polar surface area (TPSA) is 64.7 Å². The Balaban J connectivity index is 1.57. The Bertz CT molecular complexity index is 455. The molecule has 3 N–H and O–H groups in total. The van der Waals surface area contributed by atoms with Crippen molar-refractivity contribution >= 4 is 5.69 Å². The summed E-state index contributed by atoms with van der Waals surface area (Å²) in [7, 11) is 0. The lowest BCUT2D eigenvalue weighted by atomic mass is 9.98. The third-order valence-electron chi connectivity index (χ3n) is 4.32. The number of aromatic hydroxyl groups is 1. The van der Waals surface area contributed by atoms with E-state index >= 15 is 0 Å². The van der Waals surface area contributed by atoms with Gasteiger partial charge in [0.1, 0.15) is 23.8 Å². The van der Waals surface area contributed by atoms with Crippen LogP contribution in [0.5, 0.6) is 11.5 Å². The lowest BCUT2D eigenvalue weighted by Crippen LogP contribution is -2.27. The second-order valence-corrected chi connectivity index (χ2v) is 5.67. The maximum Gasteiger partial charge on any atom is 0.146 e. The van der Waals surface area contributed by atoms with Gasteiger partial charge in [-0.05, 0) is 37.8 Å². The monoisotopic (exact) mass is 263 g/mol. The van der Waals surface area contributed by atoms with Gasteiger partial charge in [-0.1, -0.05) is 18.9 Å². The van der Waals surface area contributed by atoms with E-state index in [1.807, 2.05) is 0 Å². The van der Waals surface area contributed by atoms with Gasteiger partial charge in [-0.25, -0.2) is 0 Å². The van der Waals surface area contributed by atoms with Gasteiger partial charge in [0.2, 0.25) is 0 Å². The van der Waals surface area contributed by atoms with Crippen molar-refractivity contribution in [3.05, 3.63) is 18.2 Å². The van der Waals surface area contributed by atoms with Gasteiger partial charge in [-0.3, -0.25) is 0 Å². The molecular formula is C15H21NO3. The predicted octanol–water partition coefficient (Wildman–Crippen LogP) is 2.85. The molecule has 3 rings (SSSR count). The summed E-state index contributed by atoms with van der Waals surface area (Å²) in [6.45, 7) is 0.509. The fourth-order valence-corrected chi connectivity index (χ4v) is 3.24. The van der Waals surface area contributed by atoms with Crippen LogP contribution in [0.2, 0.25) is 0 Å². The number of benzene rings is 1. The zero-order chi connectivity index (χ0) is 13.3. The van der Waals surface area contributed by atoms with Gasteiger partial charge < -0.3 is 20.3 Å². The first-order valence-electron chi connectivity index (χ1n) is 7.07. The Labute approximate surface area is 113 Å². The average Bonchev–Trinajstić information content (AvgIpc) is 3.02. The molecule has 4 heteroatoms. The van der Waals surface area contributed by atoms with Crippen LogP contribution in [-0.2, 0) is 4.74 Å². The summed E-state index contributed by atoms with van der Waals surface area (Å²) in [4.78, 5) is 0. The van der Waals surface area contributed by atoms with Crippen LogP contribution >= 0.6 is 0 Å². The highest BCUT2D eigenvalue weighted by molar-refractivity contribution is 5.61. The van der Waals surface area contributed by atoms with Gasteiger partial charge in [0.05, 0.1) is 11.7 Å². The van der Waals surface area contributed by atoms with E-state index in [0.29, 0.717) is 18.0 Å². The van der Waals surface area contributed by atoms with E-state index < -0.39 is 0 Å². The molecule has 1 aliphatic heterocycles. The number of phenolic OH excluding ortho intramolecular Hbond substituents is 1. The molecule has 104 valence electrons. The summed E-state index contributed by atoms with van der Waals surface area (Å²) in [5.41, 5.74) is 6.21. The molecule has 1 saturated carbocycles. The van der Waals surface area contributed by atoms with Gasteiger partial charge in [0, 0.05) is 0 Å². The summed E-state index contributed by atoms with van der Waals surface area (Å²) in [6.07, 6.45) is 7.31. The van der Waals surface area contributed by atoms with E-state index in [1.165, 1.54) is 25.7 Å². The molecule has 1 unspecified atom stereocenters. The minimum Gasteiger partial charge on any atom is -0.506 e. The molecule has 1 aromatic carbocycles. The normalized spacial score (nSPS) is 24.9. The molecule has 0 amide bonds. The summed E-state index contributed by atoms with van der Waals surface area (Å²) in [6, 6.07) is 5.06. The predicted molar refractivity (Wildman–Crippen MR) is 73.3 cm³/mol. The Hall–Kier alpha value is -1.42. The number of nitrogens with two attached hydrogens (primary N) is 1. The van der Waals surface area contributed by atoms with Crippen molar-refractivity contribution in [2.75, 3.05) is 12.3 Å². The number of para-hydroxylation sites is 1. The quantitative estimate of drug-likeness (QED) is 0.650. The smallest absolute Gasteiger partial charge is 0.146 e. The first-order valence-corrected chi connectivity index (χ1v) is 7.07. The zero-order valence-corrected chi connectivity index (χ0v) is 11.1. The summed E-state index contributed by atoms with van der Waals surface area (Å²) in [5, 5.41) is 9.52. The molecule has 1 aliphatic carbocycles. The highest BCUT2D eigenvalue weighted by Gasteiger charge is 2.42. The highest BCUT2D eigenvalue weighted by Crippen LogP contribution is 2.43. The Kier molecular flexibility index (Phi) is 3.27. The standard InChI is InChI=1S/C15H21NO3/c16-14-12(17)4-3-5-13(14)18-10-11-6-9-15(19-11)7-1-2-8-15/h3-5,11,17H,1-2,6-10,16H2. The molecule has 1 atom stereocenters. The maximum atomic E-state index is 9.52. The SMILES string of the molecule is Nc1c(O)cccc1OCC1CCC2(CCCC2)O1. The molecule has 2 aliphatic rings. The average molecular weight is 263 g/mol. The van der Waals surface area contributed by atoms with Crippen LogP contribution in [0.15, 0.2) is 18.2 Å².